The van der Waals surface area contributed by atoms with Gasteiger partial charge in [0.25, 0.3) is 5.91 Å². The average molecular weight is 345 g/mol. The van der Waals surface area contributed by atoms with E-state index in [1.807, 2.05) is 13.8 Å². The number of furan rings is 1. The summed E-state index contributed by atoms with van der Waals surface area (Å²) < 4.78 is 11.4. The largest absolute Gasteiger partial charge is 0.467 e. The fraction of sp³-hybridized carbons (Fsp3) is 0.632. The number of nitrogens with one attached hydrogen (secondary N) is 1. The molecule has 0 radical (unpaired) electrons. The average Bonchev–Trinajstić information content (AvgIpc) is 2.82. The number of ether oxygens (including phenoxy) is 1. The maximum Gasteiger partial charge on any atom is 0.258 e. The van der Waals surface area contributed by atoms with Crippen LogP contribution in [0.2, 0.25) is 0 Å². The van der Waals surface area contributed by atoms with Gasteiger partial charge in [0.2, 0.25) is 11.6 Å². The number of hydrogen-bond donors (Lipinski definition) is 1. The van der Waals surface area contributed by atoms with Gasteiger partial charge in [0, 0.05) is 11.6 Å². The number of aromatic nitrogens is 2. The lowest BCUT2D eigenvalue weighted by Gasteiger charge is -2.21. The summed E-state index contributed by atoms with van der Waals surface area (Å²) in [6, 6.07) is 0.265. The van der Waals surface area contributed by atoms with Gasteiger partial charge in [-0.3, -0.25) is 4.79 Å². The third kappa shape index (κ3) is 4.30. The highest BCUT2D eigenvalue weighted by molar-refractivity contribution is 5.84. The molecule has 0 bridgehead atoms. The van der Waals surface area contributed by atoms with Crippen LogP contribution in [0.15, 0.2) is 4.42 Å². The molecule has 25 heavy (non-hydrogen) atoms. The molecule has 0 saturated heterocycles. The number of aryl methyl sites for hydroxylation is 3. The summed E-state index contributed by atoms with van der Waals surface area (Å²) >= 11 is 0. The molecule has 0 aromatic carbocycles. The molecule has 0 unspecified atom stereocenters. The van der Waals surface area contributed by atoms with E-state index in [0.717, 1.165) is 29.6 Å². The van der Waals surface area contributed by atoms with Crippen molar-refractivity contribution in [2.75, 3.05) is 6.61 Å². The van der Waals surface area contributed by atoms with Gasteiger partial charge < -0.3 is 14.5 Å². The van der Waals surface area contributed by atoms with Crippen molar-refractivity contribution < 1.29 is 13.9 Å². The fourth-order valence-electron chi connectivity index (χ4n) is 3.42. The van der Waals surface area contributed by atoms with E-state index in [0.29, 0.717) is 17.4 Å². The van der Waals surface area contributed by atoms with Crippen LogP contribution in [0.25, 0.3) is 11.1 Å². The summed E-state index contributed by atoms with van der Waals surface area (Å²) in [7, 11) is 0. The SMILES string of the molecule is Cc1nc(OCC(=O)NC2CCCCCCC2)c2c(C)c(C)oc2n1. The molecule has 1 aliphatic carbocycles. The predicted octanol–water partition coefficient (Wildman–Crippen LogP) is 3.76. The zero-order valence-corrected chi connectivity index (χ0v) is 15.4. The molecule has 1 amide bonds. The summed E-state index contributed by atoms with van der Waals surface area (Å²) in [5.74, 6) is 1.69. The summed E-state index contributed by atoms with van der Waals surface area (Å²) in [5.41, 5.74) is 1.46. The molecule has 2 aromatic heterocycles. The van der Waals surface area contributed by atoms with Gasteiger partial charge in [-0.25, -0.2) is 0 Å². The van der Waals surface area contributed by atoms with Crippen molar-refractivity contribution in [1.82, 2.24) is 15.3 Å². The molecule has 2 aromatic rings. The Hall–Kier alpha value is -2.11. The minimum absolute atomic E-state index is 0.0360. The van der Waals surface area contributed by atoms with Gasteiger partial charge in [-0.1, -0.05) is 32.1 Å². The normalized spacial score (nSPS) is 16.4. The van der Waals surface area contributed by atoms with Crippen LogP contribution >= 0.6 is 0 Å². The molecule has 0 aliphatic heterocycles. The molecular formula is C19H27N3O3. The number of rotatable bonds is 4. The van der Waals surface area contributed by atoms with Gasteiger partial charge in [-0.2, -0.15) is 9.97 Å². The first-order chi connectivity index (χ1) is 12.0. The number of nitrogens with zero attached hydrogens (tertiary/aromatic N) is 2. The van der Waals surface area contributed by atoms with Crippen LogP contribution in [0.1, 0.15) is 62.1 Å². The third-order valence-electron chi connectivity index (χ3n) is 4.92. The third-order valence-corrected chi connectivity index (χ3v) is 4.92. The van der Waals surface area contributed by atoms with Gasteiger partial charge in [0.15, 0.2) is 6.61 Å². The molecule has 1 saturated carbocycles. The second-order valence-electron chi connectivity index (χ2n) is 6.94. The Morgan fingerprint density at radius 1 is 1.12 bits per heavy atom. The Labute approximate surface area is 148 Å². The Morgan fingerprint density at radius 3 is 2.52 bits per heavy atom. The molecule has 6 nitrogen and oxygen atoms in total. The van der Waals surface area contributed by atoms with Crippen LogP contribution in [-0.4, -0.2) is 28.5 Å². The zero-order chi connectivity index (χ0) is 17.8. The van der Waals surface area contributed by atoms with E-state index in [1.54, 1.807) is 6.92 Å². The number of carbonyl (C=O) groups excluding carboxylic acids is 1. The Morgan fingerprint density at radius 2 is 1.80 bits per heavy atom. The first kappa shape index (κ1) is 17.7. The summed E-state index contributed by atoms with van der Waals surface area (Å²) in [5, 5.41) is 3.86. The zero-order valence-electron chi connectivity index (χ0n) is 15.4. The van der Waals surface area contributed by atoms with Crippen molar-refractivity contribution >= 4 is 17.0 Å². The van der Waals surface area contributed by atoms with E-state index in [9.17, 15) is 4.79 Å². The summed E-state index contributed by atoms with van der Waals surface area (Å²) in [6.45, 7) is 5.58. The predicted molar refractivity (Wildman–Crippen MR) is 95.8 cm³/mol. The molecule has 0 atom stereocenters. The van der Waals surface area contributed by atoms with Gasteiger partial charge in [-0.05, 0) is 33.6 Å². The van der Waals surface area contributed by atoms with Crippen molar-refractivity contribution in [3.05, 3.63) is 17.1 Å². The Kier molecular flexibility index (Phi) is 5.56. The van der Waals surface area contributed by atoms with E-state index in [4.69, 9.17) is 9.15 Å². The number of amides is 1. The topological polar surface area (TPSA) is 77.2 Å². The van der Waals surface area contributed by atoms with Gasteiger partial charge in [-0.15, -0.1) is 0 Å². The van der Waals surface area contributed by atoms with Crippen molar-refractivity contribution in [3.63, 3.8) is 0 Å². The van der Waals surface area contributed by atoms with E-state index >= 15 is 0 Å². The summed E-state index contributed by atoms with van der Waals surface area (Å²) in [4.78, 5) is 20.9. The minimum atomic E-state index is -0.0899. The molecule has 6 heteroatoms. The maximum atomic E-state index is 12.3. The lowest BCUT2D eigenvalue weighted by Crippen LogP contribution is -2.38. The van der Waals surface area contributed by atoms with Crippen LogP contribution < -0.4 is 10.1 Å². The number of hydrogen-bond acceptors (Lipinski definition) is 5. The first-order valence-corrected chi connectivity index (χ1v) is 9.21. The highest BCUT2D eigenvalue weighted by Crippen LogP contribution is 2.30. The molecular weight excluding hydrogens is 318 g/mol. The first-order valence-electron chi connectivity index (χ1n) is 9.21. The van der Waals surface area contributed by atoms with E-state index in [2.05, 4.69) is 15.3 Å². The van der Waals surface area contributed by atoms with Gasteiger partial charge in [0.1, 0.15) is 17.0 Å². The second-order valence-corrected chi connectivity index (χ2v) is 6.94. The molecule has 0 spiro atoms. The Bertz CT molecular complexity index is 746. The summed E-state index contributed by atoms with van der Waals surface area (Å²) in [6.07, 6.45) is 8.33. The molecule has 136 valence electrons. The number of carbonyl (C=O) groups is 1. The van der Waals surface area contributed by atoms with Crippen LogP contribution in [0.5, 0.6) is 5.88 Å². The Balaban J connectivity index is 1.64. The van der Waals surface area contributed by atoms with Crippen molar-refractivity contribution in [3.8, 4) is 5.88 Å². The molecule has 1 aliphatic rings. The molecule has 1 N–H and O–H groups in total. The number of fused-ring (bicyclic) bond motifs is 1. The van der Waals surface area contributed by atoms with E-state index in [-0.39, 0.29) is 18.6 Å². The lowest BCUT2D eigenvalue weighted by molar-refractivity contribution is -0.124. The van der Waals surface area contributed by atoms with Crippen molar-refractivity contribution in [1.29, 1.82) is 0 Å². The standard InChI is InChI=1S/C19H27N3O3/c1-12-13(2)25-19-17(12)18(20-14(3)21-19)24-11-16(23)22-15-9-7-5-4-6-8-10-15/h15H,4-11H2,1-3H3,(H,22,23). The minimum Gasteiger partial charge on any atom is -0.467 e. The lowest BCUT2D eigenvalue weighted by atomic mass is 9.97. The van der Waals surface area contributed by atoms with Crippen LogP contribution in [0, 0.1) is 20.8 Å². The second kappa shape index (κ2) is 7.85. The maximum absolute atomic E-state index is 12.3. The van der Waals surface area contributed by atoms with E-state index in [1.165, 1.54) is 32.1 Å². The monoisotopic (exact) mass is 345 g/mol. The quantitative estimate of drug-likeness (QED) is 0.913. The molecule has 3 rings (SSSR count). The van der Waals surface area contributed by atoms with E-state index < -0.39 is 0 Å². The highest BCUT2D eigenvalue weighted by atomic mass is 16.5. The van der Waals surface area contributed by atoms with Gasteiger partial charge in [0.05, 0.1) is 0 Å². The van der Waals surface area contributed by atoms with Crippen LogP contribution in [0.4, 0.5) is 0 Å². The fourth-order valence-corrected chi connectivity index (χ4v) is 3.42. The van der Waals surface area contributed by atoms with Crippen molar-refractivity contribution in [2.24, 2.45) is 0 Å². The van der Waals surface area contributed by atoms with Crippen LogP contribution in [0.3, 0.4) is 0 Å². The van der Waals surface area contributed by atoms with Crippen LogP contribution in [-0.2, 0) is 4.79 Å². The smallest absolute Gasteiger partial charge is 0.258 e. The molecule has 2 heterocycles. The van der Waals surface area contributed by atoms with Gasteiger partial charge >= 0.3 is 0 Å². The molecule has 1 fully saturated rings. The van der Waals surface area contributed by atoms with Crippen molar-refractivity contribution in [2.45, 2.75) is 71.8 Å². The highest BCUT2D eigenvalue weighted by Gasteiger charge is 2.18.